The fourth-order valence-corrected chi connectivity index (χ4v) is 3.20. The summed E-state index contributed by atoms with van der Waals surface area (Å²) in [6, 6.07) is 1.84. The number of aliphatic hydroxyl groups is 1. The molecule has 1 saturated heterocycles. The molecule has 1 aliphatic rings. The highest BCUT2D eigenvalue weighted by atomic mass is 79.9. The van der Waals surface area contributed by atoms with E-state index in [9.17, 15) is 5.11 Å². The van der Waals surface area contributed by atoms with Gasteiger partial charge in [-0.3, -0.25) is 4.90 Å². The van der Waals surface area contributed by atoms with Gasteiger partial charge < -0.3 is 9.52 Å². The predicted octanol–water partition coefficient (Wildman–Crippen LogP) is 3.73. The molecule has 0 aromatic carbocycles. The third-order valence-corrected chi connectivity index (χ3v) is 4.93. The van der Waals surface area contributed by atoms with Crippen LogP contribution in [-0.2, 0) is 0 Å². The van der Waals surface area contributed by atoms with Crippen LogP contribution >= 0.6 is 15.9 Å². The lowest BCUT2D eigenvalue weighted by Gasteiger charge is -2.45. The average molecular weight is 316 g/mol. The van der Waals surface area contributed by atoms with Crippen molar-refractivity contribution in [2.45, 2.75) is 51.2 Å². The molecule has 1 aromatic heterocycles. The number of furan rings is 1. The molecule has 0 aliphatic carbocycles. The summed E-state index contributed by atoms with van der Waals surface area (Å²) in [7, 11) is 0. The Kier molecular flexibility index (Phi) is 4.51. The maximum Gasteiger partial charge on any atom is 0.148 e. The first-order chi connectivity index (χ1) is 8.59. The highest BCUT2D eigenvalue weighted by Crippen LogP contribution is 2.38. The lowest BCUT2D eigenvalue weighted by molar-refractivity contribution is -0.0452. The van der Waals surface area contributed by atoms with Crippen LogP contribution in [0.3, 0.4) is 0 Å². The molecular formula is C14H22BrNO2. The van der Waals surface area contributed by atoms with Crippen LogP contribution in [0.15, 0.2) is 21.2 Å². The minimum absolute atomic E-state index is 0.249. The van der Waals surface area contributed by atoms with Crippen LogP contribution in [0.25, 0.3) is 0 Å². The molecule has 2 unspecified atom stereocenters. The van der Waals surface area contributed by atoms with Gasteiger partial charge in [0.2, 0.25) is 0 Å². The number of piperidine rings is 1. The summed E-state index contributed by atoms with van der Waals surface area (Å²) in [6.45, 7) is 6.41. The number of aliphatic hydroxyl groups excluding tert-OH is 1. The molecule has 0 bridgehead atoms. The summed E-state index contributed by atoms with van der Waals surface area (Å²) in [4.78, 5) is 2.41. The number of likely N-dealkylation sites (tertiary alicyclic amines) is 1. The average Bonchev–Trinajstić information content (AvgIpc) is 2.84. The Morgan fingerprint density at radius 1 is 1.44 bits per heavy atom. The Balaban J connectivity index is 2.22. The summed E-state index contributed by atoms with van der Waals surface area (Å²) in [5, 5.41) is 10.7. The van der Waals surface area contributed by atoms with Gasteiger partial charge in [0.25, 0.3) is 0 Å². The predicted molar refractivity (Wildman–Crippen MR) is 75.5 cm³/mol. The van der Waals surface area contributed by atoms with E-state index in [0.717, 1.165) is 24.0 Å². The fourth-order valence-electron chi connectivity index (χ4n) is 2.78. The van der Waals surface area contributed by atoms with Gasteiger partial charge in [0.05, 0.1) is 16.3 Å². The zero-order chi connectivity index (χ0) is 13.2. The molecule has 2 rings (SSSR count). The van der Waals surface area contributed by atoms with Crippen molar-refractivity contribution < 1.29 is 9.52 Å². The van der Waals surface area contributed by atoms with E-state index in [1.54, 1.807) is 6.26 Å². The van der Waals surface area contributed by atoms with E-state index in [-0.39, 0.29) is 5.54 Å². The van der Waals surface area contributed by atoms with Crippen LogP contribution < -0.4 is 0 Å². The standard InChI is InChI=1S/C14H22BrNO2/c1-3-14(2,16-8-5-4-6-9-16)13(17)12-11(15)7-10-18-12/h7,10,13,17H,3-6,8-9H2,1-2H3. The SMILES string of the molecule is CCC(C)(C(O)c1occc1Br)N1CCCCC1. The van der Waals surface area contributed by atoms with E-state index < -0.39 is 6.10 Å². The largest absolute Gasteiger partial charge is 0.465 e. The molecule has 0 saturated carbocycles. The van der Waals surface area contributed by atoms with Crippen molar-refractivity contribution in [3.8, 4) is 0 Å². The third-order valence-electron chi connectivity index (χ3n) is 4.28. The molecule has 1 fully saturated rings. The first-order valence-electron chi connectivity index (χ1n) is 6.75. The molecule has 0 spiro atoms. The molecule has 1 aromatic rings. The van der Waals surface area contributed by atoms with Gasteiger partial charge in [-0.05, 0) is 61.3 Å². The number of halogens is 1. The van der Waals surface area contributed by atoms with Crippen molar-refractivity contribution in [1.29, 1.82) is 0 Å². The Morgan fingerprint density at radius 3 is 2.61 bits per heavy atom. The van der Waals surface area contributed by atoms with E-state index in [4.69, 9.17) is 4.42 Å². The van der Waals surface area contributed by atoms with E-state index in [0.29, 0.717) is 5.76 Å². The maximum absolute atomic E-state index is 10.7. The van der Waals surface area contributed by atoms with Crippen molar-refractivity contribution >= 4 is 15.9 Å². The monoisotopic (exact) mass is 315 g/mol. The minimum atomic E-state index is -0.593. The second kappa shape index (κ2) is 5.76. The number of nitrogens with zero attached hydrogens (tertiary/aromatic N) is 1. The molecule has 1 aliphatic heterocycles. The molecule has 2 atom stereocenters. The topological polar surface area (TPSA) is 36.6 Å². The second-order valence-corrected chi connectivity index (χ2v) is 6.15. The molecule has 3 nitrogen and oxygen atoms in total. The van der Waals surface area contributed by atoms with Crippen molar-refractivity contribution in [1.82, 2.24) is 4.90 Å². The lowest BCUT2D eigenvalue weighted by Crippen LogP contribution is -2.52. The van der Waals surface area contributed by atoms with E-state index >= 15 is 0 Å². The summed E-state index contributed by atoms with van der Waals surface area (Å²) >= 11 is 3.44. The Labute approximate surface area is 117 Å². The van der Waals surface area contributed by atoms with Crippen LogP contribution in [0.2, 0.25) is 0 Å². The molecule has 1 N–H and O–H groups in total. The van der Waals surface area contributed by atoms with Crippen LogP contribution in [0.1, 0.15) is 51.4 Å². The van der Waals surface area contributed by atoms with Gasteiger partial charge in [0, 0.05) is 0 Å². The van der Waals surface area contributed by atoms with Crippen LogP contribution in [0, 0.1) is 0 Å². The third kappa shape index (κ3) is 2.51. The van der Waals surface area contributed by atoms with Gasteiger partial charge in [-0.2, -0.15) is 0 Å². The highest BCUT2D eigenvalue weighted by Gasteiger charge is 2.40. The van der Waals surface area contributed by atoms with Gasteiger partial charge >= 0.3 is 0 Å². The van der Waals surface area contributed by atoms with Gasteiger partial charge in [0.1, 0.15) is 11.9 Å². The second-order valence-electron chi connectivity index (χ2n) is 5.29. The van der Waals surface area contributed by atoms with E-state index in [1.165, 1.54) is 19.3 Å². The molecule has 2 heterocycles. The summed E-state index contributed by atoms with van der Waals surface area (Å²) in [6.07, 6.45) is 5.68. The zero-order valence-corrected chi connectivity index (χ0v) is 12.7. The number of hydrogen-bond donors (Lipinski definition) is 1. The number of hydrogen-bond acceptors (Lipinski definition) is 3. The minimum Gasteiger partial charge on any atom is -0.465 e. The Bertz CT molecular complexity index is 387. The normalized spacial score (nSPS) is 22.7. The van der Waals surface area contributed by atoms with Crippen LogP contribution in [0.4, 0.5) is 0 Å². The maximum atomic E-state index is 10.7. The first kappa shape index (κ1) is 14.1. The summed E-state index contributed by atoms with van der Waals surface area (Å²) < 4.78 is 6.29. The summed E-state index contributed by atoms with van der Waals surface area (Å²) in [5.41, 5.74) is -0.249. The van der Waals surface area contributed by atoms with E-state index in [1.807, 2.05) is 6.07 Å². The van der Waals surface area contributed by atoms with Gasteiger partial charge in [-0.25, -0.2) is 0 Å². The smallest absolute Gasteiger partial charge is 0.148 e. The quantitative estimate of drug-likeness (QED) is 0.919. The molecule has 0 radical (unpaired) electrons. The summed E-state index contributed by atoms with van der Waals surface area (Å²) in [5.74, 6) is 0.643. The van der Waals surface area contributed by atoms with Crippen LogP contribution in [0.5, 0.6) is 0 Å². The van der Waals surface area contributed by atoms with Crippen molar-refractivity contribution in [3.05, 3.63) is 22.6 Å². The molecule has 4 heteroatoms. The molecule has 0 amide bonds. The molecule has 18 heavy (non-hydrogen) atoms. The number of rotatable bonds is 4. The van der Waals surface area contributed by atoms with Crippen molar-refractivity contribution in [3.63, 3.8) is 0 Å². The lowest BCUT2D eigenvalue weighted by atomic mass is 9.86. The van der Waals surface area contributed by atoms with Crippen molar-refractivity contribution in [2.75, 3.05) is 13.1 Å². The Hall–Kier alpha value is -0.320. The van der Waals surface area contributed by atoms with Gasteiger partial charge in [-0.1, -0.05) is 13.3 Å². The zero-order valence-electron chi connectivity index (χ0n) is 11.2. The Morgan fingerprint density at radius 2 is 2.11 bits per heavy atom. The molecule has 102 valence electrons. The van der Waals surface area contributed by atoms with E-state index in [2.05, 4.69) is 34.7 Å². The molecular weight excluding hydrogens is 294 g/mol. The fraction of sp³-hybridized carbons (Fsp3) is 0.714. The van der Waals surface area contributed by atoms with Crippen LogP contribution in [-0.4, -0.2) is 28.6 Å². The van der Waals surface area contributed by atoms with Gasteiger partial charge in [0.15, 0.2) is 0 Å². The first-order valence-corrected chi connectivity index (χ1v) is 7.55. The highest BCUT2D eigenvalue weighted by molar-refractivity contribution is 9.10. The van der Waals surface area contributed by atoms with Gasteiger partial charge in [-0.15, -0.1) is 0 Å². The van der Waals surface area contributed by atoms with Crippen molar-refractivity contribution in [2.24, 2.45) is 0 Å².